The molecular formula is C24H25BN2O3. The Balaban J connectivity index is 1.72. The van der Waals surface area contributed by atoms with Gasteiger partial charge in [-0.15, -0.1) is 0 Å². The molecule has 2 aromatic carbocycles. The second-order valence-electron chi connectivity index (χ2n) is 7.88. The zero-order valence-corrected chi connectivity index (χ0v) is 17.4. The van der Waals surface area contributed by atoms with Crippen LogP contribution in [0.25, 0.3) is 17.2 Å². The molecule has 2 aliphatic heterocycles. The Morgan fingerprint density at radius 3 is 2.43 bits per heavy atom. The number of nitrogens with zero attached hydrogens (tertiary/aromatic N) is 1. The number of fused-ring (bicyclic) bond motifs is 1. The predicted molar refractivity (Wildman–Crippen MR) is 121 cm³/mol. The van der Waals surface area contributed by atoms with Crippen LogP contribution in [0.15, 0.2) is 42.0 Å². The maximum atomic E-state index is 12.6. The van der Waals surface area contributed by atoms with Crippen LogP contribution in [-0.2, 0) is 4.79 Å². The number of carbonyl (C=O) groups is 2. The van der Waals surface area contributed by atoms with Gasteiger partial charge >= 0.3 is 177 Å². The Morgan fingerprint density at radius 1 is 1.10 bits per heavy atom. The number of hydrogen-bond donors (Lipinski definition) is 1. The van der Waals surface area contributed by atoms with Crippen molar-refractivity contribution in [3.63, 3.8) is 0 Å². The van der Waals surface area contributed by atoms with E-state index in [4.69, 9.17) is 10.5 Å². The van der Waals surface area contributed by atoms with Gasteiger partial charge in [-0.3, -0.25) is 0 Å². The van der Waals surface area contributed by atoms with E-state index in [0.717, 1.165) is 48.1 Å². The van der Waals surface area contributed by atoms with Crippen LogP contribution in [0.3, 0.4) is 0 Å². The van der Waals surface area contributed by atoms with Crippen molar-refractivity contribution in [1.82, 2.24) is 4.90 Å². The average molecular weight is 400 g/mol. The molecule has 2 aromatic rings. The molecule has 0 atom stereocenters. The van der Waals surface area contributed by atoms with Gasteiger partial charge in [-0.1, -0.05) is 0 Å². The average Bonchev–Trinajstić information content (AvgIpc) is 3.22. The fourth-order valence-corrected chi connectivity index (χ4v) is 4.09. The van der Waals surface area contributed by atoms with Crippen molar-refractivity contribution >= 4 is 35.7 Å². The first-order valence-corrected chi connectivity index (χ1v) is 10.3. The molecule has 0 unspecified atom stereocenters. The Hall–Kier alpha value is -3.15. The van der Waals surface area contributed by atoms with Crippen molar-refractivity contribution in [1.29, 1.82) is 0 Å². The number of Topliss-reactive ketones (excluding diaryl/α,β-unsaturated/α-hetero) is 1. The summed E-state index contributed by atoms with van der Waals surface area (Å²) < 4.78 is 5.65. The normalized spacial score (nSPS) is 15.5. The second-order valence-corrected chi connectivity index (χ2v) is 7.88. The minimum absolute atomic E-state index is 0.0144. The summed E-state index contributed by atoms with van der Waals surface area (Å²) >= 11 is 0. The summed E-state index contributed by atoms with van der Waals surface area (Å²) in [5.41, 5.74) is 11.9. The first-order chi connectivity index (χ1) is 14.5. The molecular weight excluding hydrogens is 375 g/mol. The van der Waals surface area contributed by atoms with Gasteiger partial charge in [-0.2, -0.15) is 0 Å². The van der Waals surface area contributed by atoms with Gasteiger partial charge < -0.3 is 0 Å². The number of likely N-dealkylation sites (tertiary alicyclic amines) is 1. The number of methoxy groups -OCH3 is 1. The van der Waals surface area contributed by atoms with E-state index in [0.29, 0.717) is 28.9 Å². The molecule has 0 aliphatic carbocycles. The van der Waals surface area contributed by atoms with Gasteiger partial charge in [0, 0.05) is 0 Å². The molecule has 0 saturated carbocycles. The Bertz CT molecular complexity index is 1060. The maximum absolute atomic E-state index is 12.6. The molecule has 2 aliphatic rings. The Labute approximate surface area is 177 Å². The number of ether oxygens (including phenoxy) is 1. The number of amides is 1. The fraction of sp³-hybridized carbons (Fsp3) is 0.292. The van der Waals surface area contributed by atoms with Gasteiger partial charge in [0.25, 0.3) is 0 Å². The first kappa shape index (κ1) is 20.1. The van der Waals surface area contributed by atoms with Gasteiger partial charge in [-0.05, 0) is 0 Å². The zero-order chi connectivity index (χ0) is 21.3. The van der Waals surface area contributed by atoms with E-state index in [1.54, 1.807) is 14.0 Å². The molecule has 4 rings (SSSR count). The molecule has 1 saturated heterocycles. The molecule has 0 aromatic heterocycles. The van der Waals surface area contributed by atoms with E-state index in [-0.39, 0.29) is 11.7 Å². The molecule has 5 nitrogen and oxygen atoms in total. The van der Waals surface area contributed by atoms with Gasteiger partial charge in [-0.25, -0.2) is 0 Å². The Morgan fingerprint density at radius 2 is 1.80 bits per heavy atom. The van der Waals surface area contributed by atoms with Crippen LogP contribution < -0.4 is 15.9 Å². The van der Waals surface area contributed by atoms with Crippen LogP contribution in [0.5, 0.6) is 5.75 Å². The van der Waals surface area contributed by atoms with Crippen LogP contribution >= 0.6 is 0 Å². The van der Waals surface area contributed by atoms with Gasteiger partial charge in [0.15, 0.2) is 0 Å². The van der Waals surface area contributed by atoms with E-state index < -0.39 is 0 Å². The summed E-state index contributed by atoms with van der Waals surface area (Å²) in [6, 6.07) is 11.6. The third-order valence-electron chi connectivity index (χ3n) is 5.76. The molecule has 152 valence electrons. The van der Waals surface area contributed by atoms with Crippen LogP contribution in [-0.4, -0.2) is 49.3 Å². The molecule has 30 heavy (non-hydrogen) atoms. The zero-order valence-electron chi connectivity index (χ0n) is 17.4. The van der Waals surface area contributed by atoms with Crippen molar-refractivity contribution in [2.75, 3.05) is 20.2 Å². The third kappa shape index (κ3) is 3.95. The Kier molecular flexibility index (Phi) is 5.58. The van der Waals surface area contributed by atoms with E-state index in [1.807, 2.05) is 54.3 Å². The summed E-state index contributed by atoms with van der Waals surface area (Å²) in [5, 5.41) is 0. The van der Waals surface area contributed by atoms with Crippen LogP contribution in [0, 0.1) is 0 Å². The van der Waals surface area contributed by atoms with Crippen LogP contribution in [0.4, 0.5) is 0 Å². The third-order valence-corrected chi connectivity index (χ3v) is 5.76. The van der Waals surface area contributed by atoms with Crippen LogP contribution in [0.1, 0.15) is 42.1 Å². The number of ketones is 1. The summed E-state index contributed by atoms with van der Waals surface area (Å²) in [6.07, 6.45) is 4.48. The molecule has 0 radical (unpaired) electrons. The van der Waals surface area contributed by atoms with Crippen molar-refractivity contribution < 1.29 is 14.3 Å². The number of nitrogens with two attached hydrogens (primary N) is 1. The summed E-state index contributed by atoms with van der Waals surface area (Å²) in [7, 11) is 1.63. The molecule has 1 amide bonds. The minimum atomic E-state index is 0.0144. The molecule has 1 fully saturated rings. The quantitative estimate of drug-likeness (QED) is 0.801. The first-order valence-electron chi connectivity index (χ1n) is 10.3. The molecule has 2 heterocycles. The predicted octanol–water partition coefficient (Wildman–Crippen LogP) is 2.39. The number of rotatable bonds is 4. The molecule has 2 N–H and O–H groups in total. The summed E-state index contributed by atoms with van der Waals surface area (Å²) in [4.78, 5) is 26.4. The number of benzene rings is 2. The van der Waals surface area contributed by atoms with E-state index in [1.165, 1.54) is 0 Å². The van der Waals surface area contributed by atoms with Gasteiger partial charge in [0.2, 0.25) is 0 Å². The second kappa shape index (κ2) is 8.30. The molecule has 0 bridgehead atoms. The van der Waals surface area contributed by atoms with Crippen molar-refractivity contribution in [3.05, 3.63) is 53.1 Å². The van der Waals surface area contributed by atoms with E-state index in [2.05, 4.69) is 0 Å². The topological polar surface area (TPSA) is 72.6 Å². The van der Waals surface area contributed by atoms with Crippen LogP contribution in [0.2, 0.25) is 0 Å². The van der Waals surface area contributed by atoms with Crippen molar-refractivity contribution in [3.8, 4) is 16.9 Å². The monoisotopic (exact) mass is 400 g/mol. The fourth-order valence-electron chi connectivity index (χ4n) is 4.09. The van der Waals surface area contributed by atoms with Gasteiger partial charge in [0.05, 0.1) is 0 Å². The summed E-state index contributed by atoms with van der Waals surface area (Å²) in [6.45, 7) is 5.14. The molecule has 6 heteroatoms. The van der Waals surface area contributed by atoms with E-state index in [9.17, 15) is 9.59 Å². The van der Waals surface area contributed by atoms with E-state index >= 15 is 0 Å². The van der Waals surface area contributed by atoms with Gasteiger partial charge in [0.1, 0.15) is 0 Å². The summed E-state index contributed by atoms with van der Waals surface area (Å²) in [5.74, 6) is 0.812. The molecule has 0 spiro atoms. The van der Waals surface area contributed by atoms with Crippen molar-refractivity contribution in [2.24, 2.45) is 5.73 Å². The standard InChI is InChI=1S/C24H25BN2O3/c1-15(28)18-11-19-12-22(30-2)20(14-21(19)25-23(26)13-18)16-5-7-17(8-6-16)24(29)27-9-3-4-10-27/h5-8,11-12,14H,3-4,9-10,13,26H2,1-2H3. The number of carbonyl (C=O) groups excluding carboxylic acids is 2. The van der Waals surface area contributed by atoms with Crippen molar-refractivity contribution in [2.45, 2.75) is 26.2 Å². The SMILES string of the molecule is COc1cc2c(cc1-c1ccc(C(=O)N3CCCC3)cc1)B=C(N)CC(C(C)=O)=C2. The number of hydrogen-bond acceptors (Lipinski definition) is 4.